The number of carbonyl (C=O) groups is 1. The molecule has 3 nitrogen and oxygen atoms in total. The largest absolute Gasteiger partial charge is 0.497 e. The second kappa shape index (κ2) is 4.56. The zero-order valence-corrected chi connectivity index (χ0v) is 9.60. The monoisotopic (exact) mass is 220 g/mol. The van der Waals surface area contributed by atoms with Gasteiger partial charge >= 0.3 is 0 Å². The van der Waals surface area contributed by atoms with Gasteiger partial charge < -0.3 is 9.47 Å². The fourth-order valence-electron chi connectivity index (χ4n) is 1.80. The van der Waals surface area contributed by atoms with Gasteiger partial charge in [-0.1, -0.05) is 0 Å². The predicted molar refractivity (Wildman–Crippen MR) is 60.8 cm³/mol. The first-order valence-electron chi connectivity index (χ1n) is 5.48. The van der Waals surface area contributed by atoms with E-state index in [1.54, 1.807) is 14.0 Å². The molecular formula is C13H16O3. The van der Waals surface area contributed by atoms with Crippen molar-refractivity contribution < 1.29 is 14.3 Å². The first-order valence-corrected chi connectivity index (χ1v) is 5.48. The van der Waals surface area contributed by atoms with Gasteiger partial charge in [-0.25, -0.2) is 0 Å². The molecule has 1 saturated carbocycles. The molecule has 0 saturated heterocycles. The maximum atomic E-state index is 11.0. The quantitative estimate of drug-likeness (QED) is 0.763. The normalized spacial score (nSPS) is 22.6. The second-order valence-corrected chi connectivity index (χ2v) is 4.20. The topological polar surface area (TPSA) is 35.5 Å². The van der Waals surface area contributed by atoms with E-state index in [0.717, 1.165) is 17.9 Å². The van der Waals surface area contributed by atoms with Gasteiger partial charge in [-0.2, -0.15) is 0 Å². The summed E-state index contributed by atoms with van der Waals surface area (Å²) in [4.78, 5) is 11.0. The predicted octanol–water partition coefficient (Wildman–Crippen LogP) is 2.30. The zero-order valence-electron chi connectivity index (χ0n) is 9.60. The molecule has 0 heterocycles. The minimum atomic E-state index is 0.234. The minimum Gasteiger partial charge on any atom is -0.497 e. The highest BCUT2D eigenvalue weighted by Crippen LogP contribution is 2.39. The van der Waals surface area contributed by atoms with E-state index in [2.05, 4.69) is 0 Å². The van der Waals surface area contributed by atoms with Gasteiger partial charge in [0.1, 0.15) is 17.3 Å². The number of carbonyl (C=O) groups excluding carboxylic acids is 1. The number of hydrogen-bond donors (Lipinski definition) is 0. The van der Waals surface area contributed by atoms with Gasteiger partial charge in [-0.3, -0.25) is 4.79 Å². The Morgan fingerprint density at radius 1 is 1.31 bits per heavy atom. The van der Waals surface area contributed by atoms with Crippen molar-refractivity contribution >= 4 is 5.78 Å². The van der Waals surface area contributed by atoms with Crippen LogP contribution in [0.5, 0.6) is 11.5 Å². The Kier molecular flexibility index (Phi) is 3.13. The summed E-state index contributed by atoms with van der Waals surface area (Å²) in [6, 6.07) is 7.49. The number of rotatable bonds is 5. The summed E-state index contributed by atoms with van der Waals surface area (Å²) in [6.45, 7) is 2.29. The molecule has 0 spiro atoms. The molecule has 0 aliphatic heterocycles. The molecule has 1 aromatic carbocycles. The van der Waals surface area contributed by atoms with Crippen molar-refractivity contribution in [2.75, 3.05) is 13.7 Å². The molecule has 0 unspecified atom stereocenters. The van der Waals surface area contributed by atoms with Crippen molar-refractivity contribution in [3.8, 4) is 11.5 Å². The van der Waals surface area contributed by atoms with Gasteiger partial charge in [0, 0.05) is 11.8 Å². The number of ether oxygens (including phenoxy) is 2. The van der Waals surface area contributed by atoms with E-state index in [4.69, 9.17) is 9.47 Å². The van der Waals surface area contributed by atoms with Crippen LogP contribution in [-0.2, 0) is 4.79 Å². The fraction of sp³-hybridized carbons (Fsp3) is 0.462. The Morgan fingerprint density at radius 2 is 1.94 bits per heavy atom. The summed E-state index contributed by atoms with van der Waals surface area (Å²) in [5, 5.41) is 0. The summed E-state index contributed by atoms with van der Waals surface area (Å²) in [5.41, 5.74) is 0. The lowest BCUT2D eigenvalue weighted by atomic mass is 10.2. The molecule has 1 fully saturated rings. The van der Waals surface area contributed by atoms with Crippen LogP contribution in [-0.4, -0.2) is 19.5 Å². The third kappa shape index (κ3) is 2.54. The molecule has 86 valence electrons. The van der Waals surface area contributed by atoms with Gasteiger partial charge in [-0.05, 0) is 37.6 Å². The van der Waals surface area contributed by atoms with Gasteiger partial charge in [-0.15, -0.1) is 0 Å². The van der Waals surface area contributed by atoms with E-state index in [0.29, 0.717) is 12.5 Å². The molecule has 16 heavy (non-hydrogen) atoms. The number of Topliss-reactive ketones (excluding diaryl/α,β-unsaturated/α-hetero) is 1. The van der Waals surface area contributed by atoms with Crippen molar-refractivity contribution in [1.82, 2.24) is 0 Å². The van der Waals surface area contributed by atoms with Crippen molar-refractivity contribution in [1.29, 1.82) is 0 Å². The van der Waals surface area contributed by atoms with Gasteiger partial charge in [0.05, 0.1) is 13.7 Å². The van der Waals surface area contributed by atoms with Crippen LogP contribution < -0.4 is 9.47 Å². The summed E-state index contributed by atoms with van der Waals surface area (Å²) in [5.74, 6) is 2.58. The first kappa shape index (κ1) is 11.0. The van der Waals surface area contributed by atoms with Crippen LogP contribution in [0.3, 0.4) is 0 Å². The van der Waals surface area contributed by atoms with Crippen molar-refractivity contribution in [2.24, 2.45) is 11.8 Å². The molecule has 2 atom stereocenters. The van der Waals surface area contributed by atoms with Crippen LogP contribution in [0.15, 0.2) is 24.3 Å². The lowest BCUT2D eigenvalue weighted by molar-refractivity contribution is -0.118. The smallest absolute Gasteiger partial charge is 0.133 e. The Balaban J connectivity index is 1.80. The van der Waals surface area contributed by atoms with Crippen molar-refractivity contribution in [3.05, 3.63) is 24.3 Å². The third-order valence-corrected chi connectivity index (χ3v) is 2.97. The second-order valence-electron chi connectivity index (χ2n) is 4.20. The van der Waals surface area contributed by atoms with Gasteiger partial charge in [0.15, 0.2) is 0 Å². The van der Waals surface area contributed by atoms with Crippen molar-refractivity contribution in [3.63, 3.8) is 0 Å². The number of hydrogen-bond acceptors (Lipinski definition) is 3. The Labute approximate surface area is 95.4 Å². The minimum absolute atomic E-state index is 0.234. The maximum Gasteiger partial charge on any atom is 0.133 e. The molecule has 0 aromatic heterocycles. The van der Waals surface area contributed by atoms with E-state index in [-0.39, 0.29) is 11.7 Å². The SMILES string of the molecule is COc1ccc(OC[C@@H]2C[C@H]2C(C)=O)cc1. The molecule has 0 N–H and O–H groups in total. The van der Waals surface area contributed by atoms with E-state index in [1.807, 2.05) is 24.3 Å². The molecule has 1 aliphatic carbocycles. The van der Waals surface area contributed by atoms with Crippen LogP contribution in [0, 0.1) is 11.8 Å². The summed E-state index contributed by atoms with van der Waals surface area (Å²) in [6.07, 6.45) is 0.978. The van der Waals surface area contributed by atoms with Crippen LogP contribution >= 0.6 is 0 Å². The maximum absolute atomic E-state index is 11.0. The molecule has 0 bridgehead atoms. The Morgan fingerprint density at radius 3 is 2.44 bits per heavy atom. The average Bonchev–Trinajstić information content (AvgIpc) is 3.06. The van der Waals surface area contributed by atoms with Gasteiger partial charge in [0.25, 0.3) is 0 Å². The molecular weight excluding hydrogens is 204 g/mol. The highest BCUT2D eigenvalue weighted by atomic mass is 16.5. The van der Waals surface area contributed by atoms with E-state index in [1.165, 1.54) is 0 Å². The van der Waals surface area contributed by atoms with E-state index < -0.39 is 0 Å². The number of ketones is 1. The molecule has 3 heteroatoms. The number of benzene rings is 1. The summed E-state index contributed by atoms with van der Waals surface area (Å²) < 4.78 is 10.7. The van der Waals surface area contributed by atoms with Gasteiger partial charge in [0.2, 0.25) is 0 Å². The van der Waals surface area contributed by atoms with Crippen LogP contribution in [0.1, 0.15) is 13.3 Å². The van der Waals surface area contributed by atoms with Crippen LogP contribution in [0.2, 0.25) is 0 Å². The highest BCUT2D eigenvalue weighted by Gasteiger charge is 2.41. The Bertz CT molecular complexity index is 369. The Hall–Kier alpha value is -1.51. The lowest BCUT2D eigenvalue weighted by Gasteiger charge is -2.06. The highest BCUT2D eigenvalue weighted by molar-refractivity contribution is 5.81. The average molecular weight is 220 g/mol. The molecule has 0 radical (unpaired) electrons. The fourth-order valence-corrected chi connectivity index (χ4v) is 1.80. The molecule has 0 amide bonds. The standard InChI is InChI=1S/C13H16O3/c1-9(14)13-7-10(13)8-16-12-5-3-11(15-2)4-6-12/h3-6,10,13H,7-8H2,1-2H3/t10-,13-/m0/s1. The summed E-state index contributed by atoms with van der Waals surface area (Å²) in [7, 11) is 1.64. The first-order chi connectivity index (χ1) is 7.70. The molecule has 1 aromatic rings. The van der Waals surface area contributed by atoms with Crippen molar-refractivity contribution in [2.45, 2.75) is 13.3 Å². The molecule has 1 aliphatic rings. The van der Waals surface area contributed by atoms with E-state index in [9.17, 15) is 4.79 Å². The van der Waals surface area contributed by atoms with Crippen LogP contribution in [0.4, 0.5) is 0 Å². The number of methoxy groups -OCH3 is 1. The van der Waals surface area contributed by atoms with Crippen LogP contribution in [0.25, 0.3) is 0 Å². The third-order valence-electron chi connectivity index (χ3n) is 2.97. The molecule has 2 rings (SSSR count). The summed E-state index contributed by atoms with van der Waals surface area (Å²) >= 11 is 0. The van der Waals surface area contributed by atoms with E-state index >= 15 is 0 Å². The zero-order chi connectivity index (χ0) is 11.5. The lowest BCUT2D eigenvalue weighted by Crippen LogP contribution is -2.04.